The van der Waals surface area contributed by atoms with Crippen molar-refractivity contribution in [3.8, 4) is 0 Å². The number of aryl methyl sites for hydroxylation is 1. The molecule has 5 nitrogen and oxygen atoms in total. The van der Waals surface area contributed by atoms with E-state index in [9.17, 15) is 4.79 Å². The molecule has 1 aromatic carbocycles. The van der Waals surface area contributed by atoms with Crippen molar-refractivity contribution in [3.05, 3.63) is 42.0 Å². The number of nitrogens with one attached hydrogen (secondary N) is 1. The summed E-state index contributed by atoms with van der Waals surface area (Å²) in [6.45, 7) is 3.15. The van der Waals surface area contributed by atoms with Gasteiger partial charge in [0.2, 0.25) is 0 Å². The third-order valence-electron chi connectivity index (χ3n) is 2.55. The summed E-state index contributed by atoms with van der Waals surface area (Å²) in [5, 5.41) is 10.6. The molecule has 0 unspecified atom stereocenters. The number of carbonyl (C=O) groups excluding carboxylic acids is 1. The molecule has 0 atom stereocenters. The van der Waals surface area contributed by atoms with Crippen LogP contribution in [-0.2, 0) is 13.1 Å². The molecule has 0 spiro atoms. The van der Waals surface area contributed by atoms with Gasteiger partial charge in [-0.3, -0.25) is 4.79 Å². The molecular weight excluding hydrogens is 248 g/mol. The van der Waals surface area contributed by atoms with Crippen LogP contribution in [-0.4, -0.2) is 20.7 Å². The fourth-order valence-corrected chi connectivity index (χ4v) is 1.81. The highest BCUT2D eigenvalue weighted by Crippen LogP contribution is 2.08. The number of amides is 1. The maximum atomic E-state index is 11.9. The second kappa shape index (κ2) is 5.68. The Labute approximate surface area is 111 Å². The number of aromatic nitrogens is 3. The van der Waals surface area contributed by atoms with Crippen LogP contribution in [0.2, 0.25) is 0 Å². The minimum absolute atomic E-state index is 0.142. The van der Waals surface area contributed by atoms with Crippen molar-refractivity contribution < 1.29 is 4.79 Å². The average Bonchev–Trinajstić information content (AvgIpc) is 2.83. The van der Waals surface area contributed by atoms with Crippen LogP contribution >= 0.6 is 12.6 Å². The topological polar surface area (TPSA) is 59.8 Å². The summed E-state index contributed by atoms with van der Waals surface area (Å²) in [5.41, 5.74) is 0.588. The SMILES string of the molecule is CCn1cnnc1CNC(=O)c1cccc(S)c1. The molecule has 0 aliphatic carbocycles. The van der Waals surface area contributed by atoms with Gasteiger partial charge in [0.05, 0.1) is 6.54 Å². The average molecular weight is 262 g/mol. The Balaban J connectivity index is 2.00. The molecule has 2 rings (SSSR count). The van der Waals surface area contributed by atoms with E-state index in [1.165, 1.54) is 0 Å². The van der Waals surface area contributed by atoms with Crippen molar-refractivity contribution >= 4 is 18.5 Å². The van der Waals surface area contributed by atoms with E-state index < -0.39 is 0 Å². The Hall–Kier alpha value is -1.82. The van der Waals surface area contributed by atoms with E-state index in [4.69, 9.17) is 0 Å². The Morgan fingerprint density at radius 1 is 1.50 bits per heavy atom. The minimum Gasteiger partial charge on any atom is -0.345 e. The van der Waals surface area contributed by atoms with E-state index in [0.717, 1.165) is 17.3 Å². The van der Waals surface area contributed by atoms with Crippen LogP contribution in [0, 0.1) is 0 Å². The van der Waals surface area contributed by atoms with Gasteiger partial charge in [0.15, 0.2) is 5.82 Å². The molecule has 1 aromatic heterocycles. The van der Waals surface area contributed by atoms with Crippen LogP contribution in [0.25, 0.3) is 0 Å². The van der Waals surface area contributed by atoms with Gasteiger partial charge in [0.1, 0.15) is 6.33 Å². The molecule has 6 heteroatoms. The Morgan fingerprint density at radius 3 is 3.06 bits per heavy atom. The Bertz CT molecular complexity index is 553. The molecule has 0 fully saturated rings. The lowest BCUT2D eigenvalue weighted by atomic mass is 10.2. The molecule has 18 heavy (non-hydrogen) atoms. The van der Waals surface area contributed by atoms with Crippen LogP contribution < -0.4 is 5.32 Å². The molecule has 0 radical (unpaired) electrons. The molecule has 0 saturated carbocycles. The Kier molecular flexibility index (Phi) is 3.99. The minimum atomic E-state index is -0.142. The van der Waals surface area contributed by atoms with Crippen LogP contribution in [0.5, 0.6) is 0 Å². The maximum Gasteiger partial charge on any atom is 0.251 e. The lowest BCUT2D eigenvalue weighted by Crippen LogP contribution is -2.24. The van der Waals surface area contributed by atoms with Gasteiger partial charge >= 0.3 is 0 Å². The van der Waals surface area contributed by atoms with Crippen molar-refractivity contribution in [2.75, 3.05) is 0 Å². The predicted molar refractivity (Wildman–Crippen MR) is 70.6 cm³/mol. The van der Waals surface area contributed by atoms with Gasteiger partial charge in [-0.15, -0.1) is 22.8 Å². The first-order valence-corrected chi connectivity index (χ1v) is 6.09. The van der Waals surface area contributed by atoms with E-state index in [1.54, 1.807) is 24.5 Å². The smallest absolute Gasteiger partial charge is 0.251 e. The monoisotopic (exact) mass is 262 g/mol. The number of carbonyl (C=O) groups is 1. The van der Waals surface area contributed by atoms with Crippen LogP contribution in [0.1, 0.15) is 23.1 Å². The van der Waals surface area contributed by atoms with E-state index in [1.807, 2.05) is 17.6 Å². The van der Waals surface area contributed by atoms with Gasteiger partial charge in [-0.1, -0.05) is 6.07 Å². The standard InChI is InChI=1S/C12H14N4OS/c1-2-16-8-14-15-11(16)7-13-12(17)9-4-3-5-10(18)6-9/h3-6,8,18H,2,7H2,1H3,(H,13,17). The summed E-state index contributed by atoms with van der Waals surface area (Å²) >= 11 is 4.20. The van der Waals surface area contributed by atoms with Crippen molar-refractivity contribution in [2.24, 2.45) is 0 Å². The fourth-order valence-electron chi connectivity index (χ4n) is 1.59. The van der Waals surface area contributed by atoms with Crippen LogP contribution in [0.3, 0.4) is 0 Å². The summed E-state index contributed by atoms with van der Waals surface area (Å²) < 4.78 is 1.88. The summed E-state index contributed by atoms with van der Waals surface area (Å²) in [7, 11) is 0. The quantitative estimate of drug-likeness (QED) is 0.821. The van der Waals surface area contributed by atoms with Crippen molar-refractivity contribution in [3.63, 3.8) is 0 Å². The molecule has 1 heterocycles. The molecular formula is C12H14N4OS. The highest BCUT2D eigenvalue weighted by molar-refractivity contribution is 7.80. The van der Waals surface area contributed by atoms with Gasteiger partial charge in [-0.2, -0.15) is 0 Å². The number of hydrogen-bond acceptors (Lipinski definition) is 4. The van der Waals surface area contributed by atoms with Crippen molar-refractivity contribution in [2.45, 2.75) is 24.9 Å². The number of nitrogens with zero attached hydrogens (tertiary/aromatic N) is 3. The van der Waals surface area contributed by atoms with Gasteiger partial charge in [-0.25, -0.2) is 0 Å². The number of thiol groups is 1. The van der Waals surface area contributed by atoms with Gasteiger partial charge in [0, 0.05) is 17.0 Å². The first-order valence-electron chi connectivity index (χ1n) is 5.64. The molecule has 0 aliphatic rings. The molecule has 0 bridgehead atoms. The number of rotatable bonds is 4. The van der Waals surface area contributed by atoms with Crippen LogP contribution in [0.15, 0.2) is 35.5 Å². The molecule has 0 aliphatic heterocycles. The summed E-state index contributed by atoms with van der Waals surface area (Å²) in [6, 6.07) is 7.10. The zero-order valence-electron chi connectivity index (χ0n) is 10.00. The van der Waals surface area contributed by atoms with E-state index >= 15 is 0 Å². The zero-order chi connectivity index (χ0) is 13.0. The third-order valence-corrected chi connectivity index (χ3v) is 2.83. The molecule has 2 aromatic rings. The van der Waals surface area contributed by atoms with E-state index in [-0.39, 0.29) is 5.91 Å². The van der Waals surface area contributed by atoms with Gasteiger partial charge in [-0.05, 0) is 25.1 Å². The van der Waals surface area contributed by atoms with Gasteiger partial charge < -0.3 is 9.88 Å². The molecule has 94 valence electrons. The van der Waals surface area contributed by atoms with Crippen molar-refractivity contribution in [1.29, 1.82) is 0 Å². The molecule has 0 saturated heterocycles. The molecule has 1 amide bonds. The highest BCUT2D eigenvalue weighted by atomic mass is 32.1. The maximum absolute atomic E-state index is 11.9. The predicted octanol–water partition coefficient (Wildman–Crippen LogP) is 1.52. The Morgan fingerprint density at radius 2 is 2.33 bits per heavy atom. The second-order valence-electron chi connectivity index (χ2n) is 3.77. The zero-order valence-corrected chi connectivity index (χ0v) is 10.9. The highest BCUT2D eigenvalue weighted by Gasteiger charge is 2.08. The van der Waals surface area contributed by atoms with Crippen molar-refractivity contribution in [1.82, 2.24) is 20.1 Å². The third kappa shape index (κ3) is 2.89. The summed E-state index contributed by atoms with van der Waals surface area (Å²) in [5.74, 6) is 0.601. The summed E-state index contributed by atoms with van der Waals surface area (Å²) in [6.07, 6.45) is 1.65. The fraction of sp³-hybridized carbons (Fsp3) is 0.250. The largest absolute Gasteiger partial charge is 0.345 e. The molecule has 1 N–H and O–H groups in total. The second-order valence-corrected chi connectivity index (χ2v) is 4.28. The lowest BCUT2D eigenvalue weighted by molar-refractivity contribution is 0.0949. The van der Waals surface area contributed by atoms with Crippen LogP contribution in [0.4, 0.5) is 0 Å². The normalized spacial score (nSPS) is 10.3. The van der Waals surface area contributed by atoms with Gasteiger partial charge in [0.25, 0.3) is 5.91 Å². The number of benzene rings is 1. The van der Waals surface area contributed by atoms with E-state index in [2.05, 4.69) is 28.1 Å². The first-order chi connectivity index (χ1) is 8.70. The summed E-state index contributed by atoms with van der Waals surface area (Å²) in [4.78, 5) is 12.7. The number of hydrogen-bond donors (Lipinski definition) is 2. The first kappa shape index (κ1) is 12.6. The van der Waals surface area contributed by atoms with E-state index in [0.29, 0.717) is 12.1 Å². The lowest BCUT2D eigenvalue weighted by Gasteiger charge is -2.06.